The molecule has 0 N–H and O–H groups in total. The Balaban J connectivity index is 3.00. The zero-order chi connectivity index (χ0) is 11.4. The Kier molecular flexibility index (Phi) is 4.35. The van der Waals surface area contributed by atoms with E-state index in [1.54, 1.807) is 0 Å². The molecule has 0 unspecified atom stereocenters. The van der Waals surface area contributed by atoms with Crippen LogP contribution in [0, 0.1) is 0 Å². The van der Waals surface area contributed by atoms with Gasteiger partial charge >= 0.3 is 6.61 Å². The summed E-state index contributed by atoms with van der Waals surface area (Å²) in [6.07, 6.45) is 0. The highest BCUT2D eigenvalue weighted by molar-refractivity contribution is 6.36. The molecule has 2 nitrogen and oxygen atoms in total. The normalized spacial score (nSPS) is 10.5. The number of rotatable bonds is 4. The van der Waals surface area contributed by atoms with Crippen molar-refractivity contribution in [3.05, 3.63) is 22.2 Å². The molecule has 84 valence electrons. The van der Waals surface area contributed by atoms with Gasteiger partial charge in [0.15, 0.2) is 0 Å². The SMILES string of the molecule is FCOc1cc(OC(F)F)c(Cl)cc1Cl. The third-order valence-electron chi connectivity index (χ3n) is 1.41. The maximum absolute atomic E-state index is 11.9. The van der Waals surface area contributed by atoms with Crippen molar-refractivity contribution in [2.24, 2.45) is 0 Å². The molecule has 0 fully saturated rings. The lowest BCUT2D eigenvalue weighted by atomic mass is 10.3. The van der Waals surface area contributed by atoms with Gasteiger partial charge in [-0.25, -0.2) is 4.39 Å². The van der Waals surface area contributed by atoms with E-state index in [9.17, 15) is 13.2 Å². The molecule has 0 bridgehead atoms. The van der Waals surface area contributed by atoms with Crippen molar-refractivity contribution >= 4 is 23.2 Å². The summed E-state index contributed by atoms with van der Waals surface area (Å²) in [4.78, 5) is 0. The van der Waals surface area contributed by atoms with E-state index in [0.29, 0.717) is 0 Å². The molecular weight excluding hydrogens is 256 g/mol. The van der Waals surface area contributed by atoms with Crippen molar-refractivity contribution < 1.29 is 22.6 Å². The standard InChI is InChI=1S/C8H5Cl2F3O2/c9-4-1-5(10)7(15-8(12)13)2-6(4)14-3-11/h1-2,8H,3H2. The van der Waals surface area contributed by atoms with Crippen molar-refractivity contribution in [1.29, 1.82) is 0 Å². The molecule has 0 radical (unpaired) electrons. The van der Waals surface area contributed by atoms with Crippen LogP contribution >= 0.6 is 23.2 Å². The average molecular weight is 261 g/mol. The second kappa shape index (κ2) is 5.32. The van der Waals surface area contributed by atoms with E-state index in [-0.39, 0.29) is 21.5 Å². The molecule has 1 aromatic carbocycles. The molecule has 0 saturated carbocycles. The highest BCUT2D eigenvalue weighted by atomic mass is 35.5. The molecule has 0 atom stereocenters. The zero-order valence-corrected chi connectivity index (χ0v) is 8.66. The molecule has 1 aromatic rings. The third-order valence-corrected chi connectivity index (χ3v) is 2.00. The Bertz CT molecular complexity index is 347. The summed E-state index contributed by atoms with van der Waals surface area (Å²) < 4.78 is 44.1. The molecule has 0 amide bonds. The van der Waals surface area contributed by atoms with Crippen LogP contribution in [0.25, 0.3) is 0 Å². The van der Waals surface area contributed by atoms with E-state index in [1.165, 1.54) is 0 Å². The smallest absolute Gasteiger partial charge is 0.387 e. The van der Waals surface area contributed by atoms with E-state index in [2.05, 4.69) is 9.47 Å². The first-order valence-corrected chi connectivity index (χ1v) is 4.42. The van der Waals surface area contributed by atoms with Gasteiger partial charge in [0.05, 0.1) is 10.0 Å². The first-order chi connectivity index (χ1) is 7.04. The predicted octanol–water partition coefficient (Wildman–Crippen LogP) is 3.90. The van der Waals surface area contributed by atoms with Gasteiger partial charge in [0.2, 0.25) is 6.86 Å². The molecule has 0 aromatic heterocycles. The van der Waals surface area contributed by atoms with Crippen LogP contribution in [0.1, 0.15) is 0 Å². The summed E-state index contributed by atoms with van der Waals surface area (Å²) in [5.74, 6) is -0.432. The molecule has 15 heavy (non-hydrogen) atoms. The fourth-order valence-electron chi connectivity index (χ4n) is 0.866. The van der Waals surface area contributed by atoms with E-state index < -0.39 is 13.5 Å². The summed E-state index contributed by atoms with van der Waals surface area (Å²) in [6, 6.07) is 2.13. The maximum atomic E-state index is 11.9. The van der Waals surface area contributed by atoms with E-state index in [1.807, 2.05) is 0 Å². The van der Waals surface area contributed by atoms with Gasteiger partial charge in [0.1, 0.15) is 11.5 Å². The minimum absolute atomic E-state index is 0.0132. The van der Waals surface area contributed by atoms with Crippen LogP contribution in [0.15, 0.2) is 12.1 Å². The first-order valence-electron chi connectivity index (χ1n) is 3.67. The van der Waals surface area contributed by atoms with Crippen LogP contribution in [0.3, 0.4) is 0 Å². The Morgan fingerprint density at radius 3 is 2.27 bits per heavy atom. The van der Waals surface area contributed by atoms with Crippen molar-refractivity contribution in [1.82, 2.24) is 0 Å². The maximum Gasteiger partial charge on any atom is 0.387 e. The molecule has 0 saturated heterocycles. The summed E-state index contributed by atoms with van der Waals surface area (Å²) >= 11 is 11.2. The van der Waals surface area contributed by atoms with E-state index >= 15 is 0 Å². The van der Waals surface area contributed by atoms with Gasteiger partial charge in [-0.1, -0.05) is 23.2 Å². The highest BCUT2D eigenvalue weighted by Crippen LogP contribution is 2.36. The number of benzene rings is 1. The zero-order valence-electron chi connectivity index (χ0n) is 7.15. The van der Waals surface area contributed by atoms with Crippen LogP contribution < -0.4 is 9.47 Å². The largest absolute Gasteiger partial charge is 0.461 e. The summed E-state index contributed by atoms with van der Waals surface area (Å²) in [6.45, 7) is -4.16. The van der Waals surface area contributed by atoms with Crippen LogP contribution in [-0.2, 0) is 0 Å². The van der Waals surface area contributed by atoms with E-state index in [4.69, 9.17) is 23.2 Å². The Morgan fingerprint density at radius 1 is 1.13 bits per heavy atom. The van der Waals surface area contributed by atoms with Crippen LogP contribution in [-0.4, -0.2) is 13.5 Å². The molecule has 0 aliphatic heterocycles. The van der Waals surface area contributed by atoms with E-state index in [0.717, 1.165) is 12.1 Å². The van der Waals surface area contributed by atoms with Gasteiger partial charge < -0.3 is 9.47 Å². The van der Waals surface area contributed by atoms with Crippen LogP contribution in [0.4, 0.5) is 13.2 Å². The average Bonchev–Trinajstić information content (AvgIpc) is 2.12. The van der Waals surface area contributed by atoms with Crippen LogP contribution in [0.2, 0.25) is 10.0 Å². The lowest BCUT2D eigenvalue weighted by Gasteiger charge is -2.10. The predicted molar refractivity (Wildman–Crippen MR) is 49.7 cm³/mol. The number of halogens is 5. The summed E-state index contributed by atoms with van der Waals surface area (Å²) in [5, 5.41) is -0.0919. The fraction of sp³-hybridized carbons (Fsp3) is 0.250. The molecule has 0 heterocycles. The molecule has 1 rings (SSSR count). The summed E-state index contributed by atoms with van der Waals surface area (Å²) in [7, 11) is 0. The minimum atomic E-state index is -3.03. The fourth-order valence-corrected chi connectivity index (χ4v) is 1.35. The van der Waals surface area contributed by atoms with Gasteiger partial charge in [-0.3, -0.25) is 0 Å². The number of hydrogen-bond acceptors (Lipinski definition) is 2. The molecule has 7 heteroatoms. The van der Waals surface area contributed by atoms with Crippen molar-refractivity contribution in [2.45, 2.75) is 6.61 Å². The Labute approximate surface area is 93.5 Å². The van der Waals surface area contributed by atoms with Crippen LogP contribution in [0.5, 0.6) is 11.5 Å². The van der Waals surface area contributed by atoms with Gasteiger partial charge in [0, 0.05) is 6.07 Å². The second-order valence-corrected chi connectivity index (χ2v) is 3.16. The number of alkyl halides is 3. The Hall–Kier alpha value is -0.810. The van der Waals surface area contributed by atoms with Crippen molar-refractivity contribution in [3.63, 3.8) is 0 Å². The lowest BCUT2D eigenvalue weighted by Crippen LogP contribution is -2.03. The quantitative estimate of drug-likeness (QED) is 0.818. The van der Waals surface area contributed by atoms with Gasteiger partial charge in [-0.05, 0) is 6.07 Å². The van der Waals surface area contributed by atoms with Gasteiger partial charge in [0.25, 0.3) is 0 Å². The third kappa shape index (κ3) is 3.35. The van der Waals surface area contributed by atoms with Crippen molar-refractivity contribution in [3.8, 4) is 11.5 Å². The lowest BCUT2D eigenvalue weighted by molar-refractivity contribution is -0.0499. The first kappa shape index (κ1) is 12.3. The monoisotopic (exact) mass is 260 g/mol. The number of ether oxygens (including phenoxy) is 2. The molecule has 0 aliphatic carbocycles. The van der Waals surface area contributed by atoms with Gasteiger partial charge in [-0.2, -0.15) is 8.78 Å². The molecule has 0 spiro atoms. The van der Waals surface area contributed by atoms with Gasteiger partial charge in [-0.15, -0.1) is 0 Å². The molecular formula is C8H5Cl2F3O2. The number of hydrogen-bond donors (Lipinski definition) is 0. The van der Waals surface area contributed by atoms with Crippen molar-refractivity contribution in [2.75, 3.05) is 6.86 Å². The topological polar surface area (TPSA) is 18.5 Å². The summed E-state index contributed by atoms with van der Waals surface area (Å²) in [5.41, 5.74) is 0. The minimum Gasteiger partial charge on any atom is -0.461 e. The Morgan fingerprint density at radius 2 is 1.73 bits per heavy atom. The second-order valence-electron chi connectivity index (χ2n) is 2.35. The highest BCUT2D eigenvalue weighted by Gasteiger charge is 2.13. The molecule has 0 aliphatic rings.